The molecule has 0 saturated heterocycles. The first-order chi connectivity index (χ1) is 29.1. The van der Waals surface area contributed by atoms with Crippen LogP contribution >= 0.6 is 11.3 Å². The second kappa shape index (κ2) is 11.4. The minimum absolute atomic E-state index is 0.0459. The standard InChI is InChI=1S/C47H28N4S/c1-3-13-29(14-4-1)45-48-46(30-15-5-2-6-16-30)50-47(49-45)40-28-39-35-20-10-12-22-43(35)52-44(39)36-24-23-33(27-37(36)40)51-41-21-11-9-19-34(41)38-25-31-17-7-8-18-32(31)26-42(38)51/h1-28H/i10D,12D,20D,22D,23D,24D,27D,28D. The third kappa shape index (κ3) is 4.50. The van der Waals surface area contributed by atoms with Crippen LogP contribution in [0.5, 0.6) is 0 Å². The van der Waals surface area contributed by atoms with Gasteiger partial charge in [-0.25, -0.2) is 15.0 Å². The molecule has 4 nitrogen and oxygen atoms in total. The number of fused-ring (bicyclic) bond motifs is 9. The minimum Gasteiger partial charge on any atom is -0.309 e. The molecule has 0 fully saturated rings. The Balaban J connectivity index is 1.36. The maximum absolute atomic E-state index is 10.2. The molecule has 242 valence electrons. The van der Waals surface area contributed by atoms with E-state index < -0.39 is 12.1 Å². The Hall–Kier alpha value is -6.69. The molecule has 0 saturated carbocycles. The lowest BCUT2D eigenvalue weighted by Crippen LogP contribution is -2.01. The maximum atomic E-state index is 10.2. The fourth-order valence-corrected chi connectivity index (χ4v) is 8.22. The van der Waals surface area contributed by atoms with Crippen molar-refractivity contribution in [3.05, 3.63) is 170 Å². The first kappa shape index (κ1) is 22.2. The fourth-order valence-electron chi connectivity index (χ4n) is 7.15. The lowest BCUT2D eigenvalue weighted by atomic mass is 9.99. The van der Waals surface area contributed by atoms with E-state index in [1.165, 1.54) is 0 Å². The van der Waals surface area contributed by atoms with E-state index in [2.05, 4.69) is 6.07 Å². The summed E-state index contributed by atoms with van der Waals surface area (Å²) in [4.78, 5) is 14.8. The Morgan fingerprint density at radius 2 is 1.13 bits per heavy atom. The molecule has 0 spiro atoms. The highest BCUT2D eigenvalue weighted by Gasteiger charge is 2.20. The van der Waals surface area contributed by atoms with Gasteiger partial charge in [0.05, 0.1) is 22.0 Å². The van der Waals surface area contributed by atoms with Gasteiger partial charge in [0.25, 0.3) is 0 Å². The van der Waals surface area contributed by atoms with Crippen LogP contribution in [0.2, 0.25) is 0 Å². The average molecular weight is 689 g/mol. The summed E-state index contributed by atoms with van der Waals surface area (Å²) in [5.74, 6) is 0.673. The first-order valence-electron chi connectivity index (χ1n) is 20.8. The molecule has 0 unspecified atom stereocenters. The molecule has 0 bridgehead atoms. The van der Waals surface area contributed by atoms with Crippen LogP contribution < -0.4 is 0 Å². The Morgan fingerprint density at radius 3 is 1.90 bits per heavy atom. The van der Waals surface area contributed by atoms with Crippen LogP contribution in [0.1, 0.15) is 11.0 Å². The number of para-hydroxylation sites is 1. The molecule has 0 aliphatic rings. The third-order valence-electron chi connectivity index (χ3n) is 9.55. The van der Waals surface area contributed by atoms with Gasteiger partial charge in [0.1, 0.15) is 0 Å². The summed E-state index contributed by atoms with van der Waals surface area (Å²) in [5, 5.41) is 4.45. The molecular formula is C47H28N4S. The number of thiophene rings is 1. The van der Waals surface area contributed by atoms with Crippen LogP contribution in [0.15, 0.2) is 170 Å². The molecule has 0 aliphatic heterocycles. The molecule has 11 rings (SSSR count). The SMILES string of the molecule is [2H]c1c([2H])c([2H])c2c(sc3c4c([2H])c([2H])c(-n5c6ccccc6c6cc7ccccc7cc65)c([2H])c4c(-c4nc(-c5ccccc5)nc(-c5ccccc5)n4)c([2H])c32)c1[2H]. The smallest absolute Gasteiger partial charge is 0.164 e. The summed E-state index contributed by atoms with van der Waals surface area (Å²) >= 11 is 1.04. The summed E-state index contributed by atoms with van der Waals surface area (Å²) in [6.45, 7) is 0. The van der Waals surface area contributed by atoms with Gasteiger partial charge in [-0.3, -0.25) is 0 Å². The molecule has 52 heavy (non-hydrogen) atoms. The Bertz CT molecular complexity index is 3590. The van der Waals surface area contributed by atoms with Crippen LogP contribution in [-0.2, 0) is 0 Å². The van der Waals surface area contributed by atoms with Crippen LogP contribution in [0, 0.1) is 0 Å². The van der Waals surface area contributed by atoms with Crippen LogP contribution in [0.3, 0.4) is 0 Å². The highest BCUT2D eigenvalue weighted by atomic mass is 32.1. The summed E-state index contributed by atoms with van der Waals surface area (Å²) in [5.41, 5.74) is 3.08. The normalized spacial score (nSPS) is 14.0. The van der Waals surface area contributed by atoms with E-state index in [-0.39, 0.29) is 79.6 Å². The number of hydrogen-bond donors (Lipinski definition) is 0. The number of nitrogens with zero attached hydrogens (tertiary/aromatic N) is 4. The quantitative estimate of drug-likeness (QED) is 0.185. The Kier molecular flexibility index (Phi) is 4.87. The number of rotatable bonds is 4. The Morgan fingerprint density at radius 1 is 0.481 bits per heavy atom. The molecule has 8 aromatic carbocycles. The van der Waals surface area contributed by atoms with Crippen molar-refractivity contribution in [3.8, 4) is 39.9 Å². The van der Waals surface area contributed by atoms with E-state index in [9.17, 15) is 5.48 Å². The second-order valence-electron chi connectivity index (χ2n) is 12.6. The molecule has 5 heteroatoms. The van der Waals surface area contributed by atoms with Crippen LogP contribution in [-0.4, -0.2) is 19.5 Å². The van der Waals surface area contributed by atoms with Crippen molar-refractivity contribution < 1.29 is 11.0 Å². The molecule has 0 atom stereocenters. The van der Waals surface area contributed by atoms with Gasteiger partial charge in [-0.2, -0.15) is 0 Å². The third-order valence-corrected chi connectivity index (χ3v) is 10.7. The largest absolute Gasteiger partial charge is 0.309 e. The first-order valence-corrected chi connectivity index (χ1v) is 17.6. The zero-order valence-electron chi connectivity index (χ0n) is 35.2. The van der Waals surface area contributed by atoms with E-state index in [4.69, 9.17) is 20.4 Å². The zero-order valence-corrected chi connectivity index (χ0v) is 28.1. The summed E-state index contributed by atoms with van der Waals surface area (Å²) in [7, 11) is 0. The fraction of sp³-hybridized carbons (Fsp3) is 0. The van der Waals surface area contributed by atoms with E-state index in [1.54, 1.807) is 0 Å². The van der Waals surface area contributed by atoms with Gasteiger partial charge in [-0.05, 0) is 58.5 Å². The predicted molar refractivity (Wildman–Crippen MR) is 218 cm³/mol. The van der Waals surface area contributed by atoms with Gasteiger partial charge in [-0.15, -0.1) is 11.3 Å². The van der Waals surface area contributed by atoms with Crippen LogP contribution in [0.4, 0.5) is 0 Å². The van der Waals surface area contributed by atoms with Gasteiger partial charge < -0.3 is 4.57 Å². The summed E-state index contributed by atoms with van der Waals surface area (Å²) < 4.78 is 77.3. The van der Waals surface area contributed by atoms with Crippen molar-refractivity contribution in [1.82, 2.24) is 19.5 Å². The van der Waals surface area contributed by atoms with Gasteiger partial charge in [0, 0.05) is 58.7 Å². The van der Waals surface area contributed by atoms with Crippen molar-refractivity contribution in [2.24, 2.45) is 0 Å². The van der Waals surface area contributed by atoms with Gasteiger partial charge in [0.2, 0.25) is 0 Å². The van der Waals surface area contributed by atoms with Crippen molar-refractivity contribution >= 4 is 74.9 Å². The lowest BCUT2D eigenvalue weighted by molar-refractivity contribution is 1.08. The molecule has 3 heterocycles. The van der Waals surface area contributed by atoms with E-state index >= 15 is 0 Å². The van der Waals surface area contributed by atoms with Crippen molar-refractivity contribution in [2.45, 2.75) is 0 Å². The molecule has 11 aromatic rings. The number of hydrogen-bond acceptors (Lipinski definition) is 4. The van der Waals surface area contributed by atoms with E-state index in [0.717, 1.165) is 43.9 Å². The minimum atomic E-state index is -0.450. The molecule has 0 amide bonds. The van der Waals surface area contributed by atoms with Crippen LogP contribution in [0.25, 0.3) is 103 Å². The van der Waals surface area contributed by atoms with Crippen molar-refractivity contribution in [3.63, 3.8) is 0 Å². The topological polar surface area (TPSA) is 43.6 Å². The average Bonchev–Trinajstić information content (AvgIpc) is 3.83. The highest BCUT2D eigenvalue weighted by molar-refractivity contribution is 7.26. The highest BCUT2D eigenvalue weighted by Crippen LogP contribution is 2.44. The van der Waals surface area contributed by atoms with Crippen molar-refractivity contribution in [2.75, 3.05) is 0 Å². The summed E-state index contributed by atoms with van der Waals surface area (Å²) in [6.07, 6.45) is 0. The van der Waals surface area contributed by atoms with E-state index in [1.807, 2.05) is 120 Å². The molecule has 0 aliphatic carbocycles. The monoisotopic (exact) mass is 688 g/mol. The predicted octanol–water partition coefficient (Wildman–Crippen LogP) is 12.6. The van der Waals surface area contributed by atoms with Crippen molar-refractivity contribution in [1.29, 1.82) is 0 Å². The maximum Gasteiger partial charge on any atom is 0.164 e. The number of aromatic nitrogens is 4. The van der Waals surface area contributed by atoms with Gasteiger partial charge in [-0.1, -0.05) is 127 Å². The molecule has 0 N–H and O–H groups in total. The second-order valence-corrected chi connectivity index (χ2v) is 13.6. The molecule has 0 radical (unpaired) electrons. The Labute approximate surface area is 314 Å². The van der Waals surface area contributed by atoms with Gasteiger partial charge in [0.15, 0.2) is 17.5 Å². The van der Waals surface area contributed by atoms with Gasteiger partial charge >= 0.3 is 0 Å². The lowest BCUT2D eigenvalue weighted by Gasteiger charge is -2.14. The zero-order chi connectivity index (χ0) is 41.1. The molecular weight excluding hydrogens is 653 g/mol. The van der Waals surface area contributed by atoms with E-state index in [0.29, 0.717) is 27.5 Å². The number of benzene rings is 8. The summed E-state index contributed by atoms with van der Waals surface area (Å²) in [6, 6.07) is 36.5. The molecule has 3 aromatic heterocycles.